The van der Waals surface area contributed by atoms with Gasteiger partial charge in [-0.1, -0.05) is 47.5 Å². The molecule has 31 heavy (non-hydrogen) atoms. The van der Waals surface area contributed by atoms with Crippen molar-refractivity contribution in [3.8, 4) is 11.5 Å². The zero-order valence-corrected chi connectivity index (χ0v) is 18.3. The Bertz CT molecular complexity index is 1140. The number of methoxy groups -OCH3 is 1. The van der Waals surface area contributed by atoms with Crippen molar-refractivity contribution < 1.29 is 18.7 Å². The van der Waals surface area contributed by atoms with Crippen molar-refractivity contribution in [3.05, 3.63) is 92.7 Å². The van der Waals surface area contributed by atoms with E-state index in [9.17, 15) is 9.18 Å². The Morgan fingerprint density at radius 3 is 2.61 bits per heavy atom. The molecule has 0 spiro atoms. The van der Waals surface area contributed by atoms with Gasteiger partial charge in [0.25, 0.3) is 5.91 Å². The third kappa shape index (κ3) is 5.75. The van der Waals surface area contributed by atoms with Crippen LogP contribution in [0.15, 0.2) is 59.7 Å². The van der Waals surface area contributed by atoms with Crippen LogP contribution in [0.5, 0.6) is 11.5 Å². The van der Waals surface area contributed by atoms with Crippen molar-refractivity contribution >= 4 is 35.3 Å². The number of ether oxygens (including phenoxy) is 2. The number of amides is 1. The van der Waals surface area contributed by atoms with Crippen LogP contribution in [0.4, 0.5) is 4.39 Å². The minimum absolute atomic E-state index is 0.00858. The van der Waals surface area contributed by atoms with Gasteiger partial charge < -0.3 is 9.47 Å². The van der Waals surface area contributed by atoms with Crippen molar-refractivity contribution in [1.29, 1.82) is 0 Å². The molecular weight excluding hydrogens is 442 g/mol. The average molecular weight is 461 g/mol. The van der Waals surface area contributed by atoms with Crippen molar-refractivity contribution in [3.63, 3.8) is 0 Å². The zero-order valence-electron chi connectivity index (χ0n) is 16.8. The number of hydrogen-bond acceptors (Lipinski definition) is 4. The number of carbonyl (C=O) groups excluding carboxylic acids is 1. The van der Waals surface area contributed by atoms with E-state index in [4.69, 9.17) is 32.7 Å². The highest BCUT2D eigenvalue weighted by atomic mass is 35.5. The Labute approximate surface area is 189 Å². The van der Waals surface area contributed by atoms with Gasteiger partial charge in [0.1, 0.15) is 12.4 Å². The minimum Gasteiger partial charge on any atom is -0.493 e. The van der Waals surface area contributed by atoms with E-state index in [2.05, 4.69) is 10.5 Å². The van der Waals surface area contributed by atoms with E-state index >= 15 is 0 Å². The third-order valence-electron chi connectivity index (χ3n) is 4.40. The Morgan fingerprint density at radius 2 is 1.90 bits per heavy atom. The quantitative estimate of drug-likeness (QED) is 0.358. The molecule has 3 aromatic carbocycles. The van der Waals surface area contributed by atoms with Crippen LogP contribution < -0.4 is 14.9 Å². The molecule has 5 nitrogen and oxygen atoms in total. The minimum atomic E-state index is -0.402. The molecule has 3 aromatic rings. The summed E-state index contributed by atoms with van der Waals surface area (Å²) < 4.78 is 24.8. The number of rotatable bonds is 7. The molecule has 1 amide bonds. The molecule has 3 rings (SSSR count). The van der Waals surface area contributed by atoms with Crippen molar-refractivity contribution in [2.45, 2.75) is 13.5 Å². The predicted molar refractivity (Wildman–Crippen MR) is 120 cm³/mol. The molecule has 8 heteroatoms. The Kier molecular flexibility index (Phi) is 7.50. The molecule has 1 N–H and O–H groups in total. The number of benzene rings is 3. The van der Waals surface area contributed by atoms with Crippen molar-refractivity contribution in [2.24, 2.45) is 5.10 Å². The van der Waals surface area contributed by atoms with Crippen molar-refractivity contribution in [2.75, 3.05) is 7.11 Å². The molecule has 0 fully saturated rings. The van der Waals surface area contributed by atoms with Crippen LogP contribution in [-0.2, 0) is 6.61 Å². The van der Waals surface area contributed by atoms with E-state index in [1.165, 1.54) is 19.4 Å². The number of hydrazone groups is 1. The average Bonchev–Trinajstić information content (AvgIpc) is 2.75. The van der Waals surface area contributed by atoms with Crippen LogP contribution >= 0.6 is 23.2 Å². The number of nitrogens with zero attached hydrogens (tertiary/aromatic N) is 1. The second-order valence-electron chi connectivity index (χ2n) is 6.58. The predicted octanol–water partition coefficient (Wildman–Crippen LogP) is 5.79. The highest BCUT2D eigenvalue weighted by Gasteiger charge is 2.13. The van der Waals surface area contributed by atoms with Gasteiger partial charge >= 0.3 is 0 Å². The van der Waals surface area contributed by atoms with Crippen LogP contribution in [0.25, 0.3) is 0 Å². The van der Waals surface area contributed by atoms with Crippen LogP contribution in [0.1, 0.15) is 27.0 Å². The van der Waals surface area contributed by atoms with E-state index in [1.807, 2.05) is 6.92 Å². The summed E-state index contributed by atoms with van der Waals surface area (Å²) in [5.74, 6) is -0.141. The first-order valence-corrected chi connectivity index (χ1v) is 9.98. The fraction of sp³-hybridized carbons (Fsp3) is 0.130. The van der Waals surface area contributed by atoms with Gasteiger partial charge in [-0.3, -0.25) is 4.79 Å². The van der Waals surface area contributed by atoms with E-state index < -0.39 is 5.91 Å². The standard InChI is InChI=1S/C23H19Cl2FN2O3/c1-14-7-8-16(11-18(14)24)23(29)28-27-12-15-9-19(25)22(21(10-15)30-2)31-13-17-5-3-4-6-20(17)26/h3-12H,13H2,1-2H3,(H,28,29)/b27-12-. The van der Waals surface area contributed by atoms with Gasteiger partial charge in [-0.05, 0) is 48.4 Å². The summed E-state index contributed by atoms with van der Waals surface area (Å²) in [6.07, 6.45) is 1.42. The number of halogens is 3. The first-order valence-electron chi connectivity index (χ1n) is 9.22. The van der Waals surface area contributed by atoms with E-state index in [-0.39, 0.29) is 23.2 Å². The number of hydrogen-bond donors (Lipinski definition) is 1. The van der Waals surface area contributed by atoms with E-state index in [1.54, 1.807) is 48.5 Å². The molecule has 0 unspecified atom stereocenters. The molecule has 0 bridgehead atoms. The summed E-state index contributed by atoms with van der Waals surface area (Å²) in [5, 5.41) is 4.71. The number of nitrogens with one attached hydrogen (secondary N) is 1. The molecule has 0 aliphatic heterocycles. The SMILES string of the molecule is COc1cc(/C=N\NC(=O)c2ccc(C)c(Cl)c2)cc(Cl)c1OCc1ccccc1F. The second kappa shape index (κ2) is 10.3. The lowest BCUT2D eigenvalue weighted by atomic mass is 10.1. The summed E-state index contributed by atoms with van der Waals surface area (Å²) in [4.78, 5) is 12.2. The summed E-state index contributed by atoms with van der Waals surface area (Å²) in [6, 6.07) is 14.5. The normalized spacial score (nSPS) is 10.9. The summed E-state index contributed by atoms with van der Waals surface area (Å²) in [6.45, 7) is 1.84. The van der Waals surface area contributed by atoms with Crippen LogP contribution in [0.2, 0.25) is 10.0 Å². The summed E-state index contributed by atoms with van der Waals surface area (Å²) in [7, 11) is 1.46. The topological polar surface area (TPSA) is 59.9 Å². The van der Waals surface area contributed by atoms with Crippen LogP contribution in [0.3, 0.4) is 0 Å². The maximum Gasteiger partial charge on any atom is 0.271 e. The Hall–Kier alpha value is -3.09. The molecule has 0 saturated heterocycles. The maximum absolute atomic E-state index is 13.8. The molecule has 0 radical (unpaired) electrons. The van der Waals surface area contributed by atoms with Crippen molar-refractivity contribution in [1.82, 2.24) is 5.43 Å². The van der Waals surface area contributed by atoms with Gasteiger partial charge in [0.05, 0.1) is 18.3 Å². The first kappa shape index (κ1) is 22.6. The highest BCUT2D eigenvalue weighted by molar-refractivity contribution is 6.32. The van der Waals surface area contributed by atoms with E-state index in [0.717, 1.165) is 5.56 Å². The van der Waals surface area contributed by atoms with Gasteiger partial charge in [0.2, 0.25) is 0 Å². The molecule has 160 valence electrons. The Morgan fingerprint density at radius 1 is 1.13 bits per heavy atom. The second-order valence-corrected chi connectivity index (χ2v) is 7.39. The molecular formula is C23H19Cl2FN2O3. The largest absolute Gasteiger partial charge is 0.493 e. The molecule has 0 atom stereocenters. The summed E-state index contributed by atoms with van der Waals surface area (Å²) >= 11 is 12.4. The smallest absolute Gasteiger partial charge is 0.271 e. The fourth-order valence-corrected chi connectivity index (χ4v) is 3.14. The molecule has 0 saturated carbocycles. The highest BCUT2D eigenvalue weighted by Crippen LogP contribution is 2.36. The maximum atomic E-state index is 13.8. The van der Waals surface area contributed by atoms with Gasteiger partial charge in [-0.15, -0.1) is 0 Å². The lowest BCUT2D eigenvalue weighted by Crippen LogP contribution is -2.17. The number of aryl methyl sites for hydroxylation is 1. The lowest BCUT2D eigenvalue weighted by Gasteiger charge is -2.13. The zero-order chi connectivity index (χ0) is 22.4. The first-order chi connectivity index (χ1) is 14.9. The van der Waals surface area contributed by atoms with Gasteiger partial charge in [-0.2, -0.15) is 5.10 Å². The fourth-order valence-electron chi connectivity index (χ4n) is 2.68. The molecule has 0 aliphatic rings. The Balaban J connectivity index is 1.70. The van der Waals surface area contributed by atoms with Gasteiger partial charge in [0.15, 0.2) is 11.5 Å². The monoisotopic (exact) mass is 460 g/mol. The summed E-state index contributed by atoms with van der Waals surface area (Å²) in [5.41, 5.74) is 4.66. The van der Waals surface area contributed by atoms with Gasteiger partial charge in [0, 0.05) is 16.1 Å². The lowest BCUT2D eigenvalue weighted by molar-refractivity contribution is 0.0955. The molecule has 0 aliphatic carbocycles. The van der Waals surface area contributed by atoms with E-state index in [0.29, 0.717) is 27.5 Å². The van der Waals surface area contributed by atoms with Crippen LogP contribution in [0, 0.1) is 12.7 Å². The molecule has 0 heterocycles. The van der Waals surface area contributed by atoms with Crippen LogP contribution in [-0.4, -0.2) is 19.2 Å². The third-order valence-corrected chi connectivity index (χ3v) is 5.08. The molecule has 0 aromatic heterocycles. The number of carbonyl (C=O) groups is 1. The van der Waals surface area contributed by atoms with Gasteiger partial charge in [-0.25, -0.2) is 9.82 Å².